The average molecular weight is 466 g/mol. The summed E-state index contributed by atoms with van der Waals surface area (Å²) in [4.78, 5) is 39.3. The summed E-state index contributed by atoms with van der Waals surface area (Å²) >= 11 is 0. The number of carbonyl (C=O) groups excluding carboxylic acids is 1. The Labute approximate surface area is 239 Å². The van der Waals surface area contributed by atoms with Crippen LogP contribution in [0.15, 0.2) is 33.0 Å². The molecule has 0 aliphatic heterocycles. The second kappa shape index (κ2) is 15.3. The average Bonchev–Trinajstić information content (AvgIpc) is 2.52. The van der Waals surface area contributed by atoms with Crippen molar-refractivity contribution < 1.29 is 127 Å². The minimum absolute atomic E-state index is 0. The van der Waals surface area contributed by atoms with Crippen LogP contribution < -0.4 is 114 Å². The second-order valence-electron chi connectivity index (χ2n) is 5.75. The van der Waals surface area contributed by atoms with E-state index in [2.05, 4.69) is 0 Å². The van der Waals surface area contributed by atoms with Gasteiger partial charge in [-0.3, -0.25) is 4.79 Å². The fourth-order valence-electron chi connectivity index (χ4n) is 2.14. The van der Waals surface area contributed by atoms with Crippen molar-refractivity contribution in [2.75, 3.05) is 7.11 Å². The predicted molar refractivity (Wildman–Crippen MR) is 91.6 cm³/mol. The molecule has 2 rings (SSSR count). The van der Waals surface area contributed by atoms with E-state index in [1.54, 1.807) is 6.92 Å². The van der Waals surface area contributed by atoms with Crippen LogP contribution in [0.25, 0.3) is 11.0 Å². The van der Waals surface area contributed by atoms with Gasteiger partial charge in [0, 0.05) is 17.7 Å². The normalized spacial score (nSPS) is 9.67. The Balaban J connectivity index is -0.000000637. The number of benzene rings is 1. The molecule has 0 spiro atoms. The smallest absolute Gasteiger partial charge is 0.807 e. The van der Waals surface area contributed by atoms with Gasteiger partial charge in [-0.15, -0.1) is 0 Å². The molecule has 1 heterocycles. The van der Waals surface area contributed by atoms with Gasteiger partial charge in [-0.2, -0.15) is 0 Å². The van der Waals surface area contributed by atoms with E-state index in [0.29, 0.717) is 23.5 Å². The summed E-state index contributed by atoms with van der Waals surface area (Å²) in [5.41, 5.74) is -0.496. The number of phenols is 1. The minimum Gasteiger partial charge on any atom is -0.807 e. The van der Waals surface area contributed by atoms with Crippen LogP contribution in [0.1, 0.15) is 25.2 Å². The third-order valence-corrected chi connectivity index (χ3v) is 3.77. The van der Waals surface area contributed by atoms with Gasteiger partial charge in [-0.1, -0.05) is 11.6 Å². The summed E-state index contributed by atoms with van der Waals surface area (Å²) in [6.45, 7) is 5.70. The van der Waals surface area contributed by atoms with Crippen molar-refractivity contribution in [2.24, 2.45) is 0 Å². The maximum absolute atomic E-state index is 12.0. The van der Waals surface area contributed by atoms with E-state index in [-0.39, 0.29) is 105 Å². The topological polar surface area (TPSA) is 163 Å². The number of phenolic OH excluding ortho intramolecular Hbond substituents is 1. The van der Waals surface area contributed by atoms with E-state index in [1.165, 1.54) is 19.2 Å². The van der Waals surface area contributed by atoms with Crippen molar-refractivity contribution in [3.05, 3.63) is 45.3 Å². The summed E-state index contributed by atoms with van der Waals surface area (Å²) in [6.07, 6.45) is 2.60. The number of carbonyl (C=O) groups is 1. The molecule has 1 N–H and O–H groups in total. The van der Waals surface area contributed by atoms with Crippen LogP contribution in [0, 0.1) is 6.92 Å². The monoisotopic (exact) mass is 466 g/mol. The zero-order chi connectivity index (χ0) is 20.9. The summed E-state index contributed by atoms with van der Waals surface area (Å²) in [6, 6.07) is 2.84. The molecule has 13 heteroatoms. The zero-order valence-corrected chi connectivity index (χ0v) is 25.0. The Hall–Kier alpha value is 0.390. The Kier molecular flexibility index (Phi) is 17.8. The summed E-state index contributed by atoms with van der Waals surface area (Å²) in [5, 5.41) is 19.2. The van der Waals surface area contributed by atoms with Gasteiger partial charge < -0.3 is 38.5 Å². The van der Waals surface area contributed by atoms with E-state index in [1.807, 2.05) is 19.9 Å². The number of rotatable bonds is 4. The maximum atomic E-state index is 12.0. The van der Waals surface area contributed by atoms with Crippen LogP contribution in [0.3, 0.4) is 0 Å². The molecule has 1 aromatic heterocycles. The van der Waals surface area contributed by atoms with E-state index < -0.39 is 13.3 Å². The van der Waals surface area contributed by atoms with Gasteiger partial charge in [-0.25, -0.2) is 0 Å². The number of hydrogen-bond donors (Lipinski definition) is 1. The first-order valence-electron chi connectivity index (χ1n) is 7.58. The molecule has 1 aromatic carbocycles. The molecule has 0 saturated carbocycles. The van der Waals surface area contributed by atoms with Gasteiger partial charge in [-0.05, 0) is 34.8 Å². The number of allylic oxidation sites excluding steroid dienone is 2. The molecule has 0 aliphatic rings. The van der Waals surface area contributed by atoms with E-state index in [9.17, 15) is 9.90 Å². The van der Waals surface area contributed by atoms with Gasteiger partial charge in [0.2, 0.25) is 0 Å². The van der Waals surface area contributed by atoms with Crippen LogP contribution in [-0.2, 0) is 11.0 Å². The van der Waals surface area contributed by atoms with Gasteiger partial charge >= 0.3 is 88.7 Å². The Bertz CT molecular complexity index is 992. The Morgan fingerprint density at radius 3 is 2.13 bits per heavy atom. The van der Waals surface area contributed by atoms with Crippen molar-refractivity contribution in [1.82, 2.24) is 0 Å². The fourth-order valence-corrected chi connectivity index (χ4v) is 2.14. The molecule has 0 saturated heterocycles. The van der Waals surface area contributed by atoms with E-state index >= 15 is 0 Å². The van der Waals surface area contributed by atoms with Gasteiger partial charge in [0.15, 0.2) is 5.43 Å². The fraction of sp³-hybridized carbons (Fsp3) is 0.294. The van der Waals surface area contributed by atoms with Crippen molar-refractivity contribution in [2.45, 2.75) is 27.2 Å². The molecule has 0 amide bonds. The molecule has 0 bridgehead atoms. The van der Waals surface area contributed by atoms with E-state index in [4.69, 9.17) is 33.4 Å². The first kappa shape index (κ1) is 35.0. The van der Waals surface area contributed by atoms with Crippen molar-refractivity contribution in [1.29, 1.82) is 0 Å². The first-order chi connectivity index (χ1) is 12.4. The largest absolute Gasteiger partial charge is 1.00 e. The van der Waals surface area contributed by atoms with Gasteiger partial charge in [0.05, 0.1) is 12.8 Å². The third-order valence-electron chi connectivity index (χ3n) is 3.32. The molecule has 30 heavy (non-hydrogen) atoms. The zero-order valence-electron chi connectivity index (χ0n) is 18.1. The molecule has 0 fully saturated rings. The second-order valence-corrected chi connectivity index (χ2v) is 7.11. The standard InChI is InChI=1S/C16H18O4.CH3O5P.3Na/c1-9(2)5-6-11-14(19-4)8-13(18)15-12(17)7-10(3)20-16(11)15;2-1(3)7(4,5)6;;;/h5,7-8,18H,6H2,1-4H3;(H,2,3)(H2,4,5,6);;;/q;;3*+1/p-3. The number of hydrogen-bond acceptors (Lipinski definition) is 9. The van der Waals surface area contributed by atoms with Crippen LogP contribution in [-0.4, -0.2) is 17.9 Å². The summed E-state index contributed by atoms with van der Waals surface area (Å²) in [5.74, 6) is 0.904. The predicted octanol–water partition coefficient (Wildman–Crippen LogP) is -8.42. The molecule has 0 unspecified atom stereocenters. The number of carboxylic acid groups (broad SMARTS) is 1. The molecule has 2 aromatic rings. The molecular formula is C17H18Na3O9P. The Morgan fingerprint density at radius 2 is 1.73 bits per heavy atom. The quantitative estimate of drug-likeness (QED) is 0.262. The maximum Gasteiger partial charge on any atom is 1.00 e. The van der Waals surface area contributed by atoms with Crippen LogP contribution in [0.4, 0.5) is 4.79 Å². The van der Waals surface area contributed by atoms with E-state index in [0.717, 1.165) is 11.1 Å². The van der Waals surface area contributed by atoms with Gasteiger partial charge in [0.25, 0.3) is 0 Å². The molecular weight excluding hydrogens is 448 g/mol. The minimum atomic E-state index is -5.43. The first-order valence-corrected chi connectivity index (χ1v) is 9.13. The molecule has 9 nitrogen and oxygen atoms in total. The van der Waals surface area contributed by atoms with Gasteiger partial charge in [0.1, 0.15) is 28.2 Å². The van der Waals surface area contributed by atoms with Crippen molar-refractivity contribution in [3.63, 3.8) is 0 Å². The number of fused-ring (bicyclic) bond motifs is 1. The van der Waals surface area contributed by atoms with Crippen molar-refractivity contribution in [3.8, 4) is 11.5 Å². The number of ether oxygens (including phenoxy) is 1. The summed E-state index contributed by atoms with van der Waals surface area (Å²) < 4.78 is 20.1. The van der Waals surface area contributed by atoms with Crippen LogP contribution in [0.5, 0.6) is 11.5 Å². The number of aromatic hydroxyl groups is 1. The SMILES string of the molecule is COc1cc(O)c2c(=O)cc(C)oc2c1CC=C(C)C.O=C([O-])P(=O)([O-])[O-].[Na+].[Na+].[Na+]. The number of methoxy groups -OCH3 is 1. The summed E-state index contributed by atoms with van der Waals surface area (Å²) in [7, 11) is -3.90. The van der Waals surface area contributed by atoms with Crippen molar-refractivity contribution >= 4 is 24.3 Å². The molecule has 0 radical (unpaired) electrons. The molecule has 0 atom stereocenters. The van der Waals surface area contributed by atoms with Crippen LogP contribution in [0.2, 0.25) is 0 Å². The number of aryl methyl sites for hydroxylation is 1. The molecule has 0 aliphatic carbocycles. The molecule has 148 valence electrons. The van der Waals surface area contributed by atoms with Crippen LogP contribution >= 0.6 is 7.60 Å². The Morgan fingerprint density at radius 1 is 1.23 bits per heavy atom. The third kappa shape index (κ3) is 10.3.